The van der Waals surface area contributed by atoms with Crippen molar-refractivity contribution in [1.29, 1.82) is 0 Å². The van der Waals surface area contributed by atoms with Crippen LogP contribution in [0.25, 0.3) is 0 Å². The predicted octanol–water partition coefficient (Wildman–Crippen LogP) is 1.81. The van der Waals surface area contributed by atoms with Gasteiger partial charge in [0.1, 0.15) is 0 Å². The summed E-state index contributed by atoms with van der Waals surface area (Å²) in [7, 11) is 5.33. The van der Waals surface area contributed by atoms with E-state index in [-0.39, 0.29) is 0 Å². The third-order valence-electron chi connectivity index (χ3n) is 0.453. The Balaban J connectivity index is 2.91. The second-order valence-corrected chi connectivity index (χ2v) is 4.03. The van der Waals surface area contributed by atoms with Crippen molar-refractivity contribution >= 4 is 25.7 Å². The van der Waals surface area contributed by atoms with Crippen molar-refractivity contribution in [2.45, 2.75) is 13.3 Å². The SMILES string of the molecule is B#P(S)CCC. The molecule has 1 unspecified atom stereocenters. The van der Waals surface area contributed by atoms with E-state index in [1.165, 1.54) is 0 Å². The topological polar surface area (TPSA) is 0 Å². The van der Waals surface area contributed by atoms with E-state index in [2.05, 4.69) is 19.2 Å². The van der Waals surface area contributed by atoms with Crippen LogP contribution in [0.2, 0.25) is 0 Å². The van der Waals surface area contributed by atoms with Gasteiger partial charge >= 0.3 is 45.2 Å². The number of hydrogen-bond donors (Lipinski definition) is 1. The van der Waals surface area contributed by atoms with Crippen molar-refractivity contribution in [2.24, 2.45) is 0 Å². The fourth-order valence-corrected chi connectivity index (χ4v) is 1.29. The fourth-order valence-electron chi connectivity index (χ4n) is 0.229. The Kier molecular flexibility index (Phi) is 4.35. The Morgan fingerprint density at radius 3 is 2.33 bits per heavy atom. The number of thiol groups is 1. The van der Waals surface area contributed by atoms with E-state index in [9.17, 15) is 0 Å². The Morgan fingerprint density at radius 1 is 1.83 bits per heavy atom. The van der Waals surface area contributed by atoms with E-state index < -0.39 is 6.44 Å². The van der Waals surface area contributed by atoms with Crippen LogP contribution in [0.15, 0.2) is 0 Å². The van der Waals surface area contributed by atoms with Crippen molar-refractivity contribution in [1.82, 2.24) is 0 Å². The summed E-state index contributed by atoms with van der Waals surface area (Å²) in [6.07, 6.45) is 1.83. The summed E-state index contributed by atoms with van der Waals surface area (Å²) in [5.74, 6) is 0. The zero-order valence-corrected chi connectivity index (χ0v) is 5.67. The molecule has 0 aromatic rings. The van der Waals surface area contributed by atoms with Crippen LogP contribution in [0.1, 0.15) is 13.3 Å². The summed E-state index contributed by atoms with van der Waals surface area (Å²) < 4.78 is 0. The molecule has 0 bridgehead atoms. The van der Waals surface area contributed by atoms with Crippen molar-refractivity contribution < 1.29 is 0 Å². The van der Waals surface area contributed by atoms with E-state index in [0.29, 0.717) is 0 Å². The molecule has 0 radical (unpaired) electrons. The van der Waals surface area contributed by atoms with Gasteiger partial charge in [-0.1, -0.05) is 0 Å². The summed E-state index contributed by atoms with van der Waals surface area (Å²) in [4.78, 5) is 0. The van der Waals surface area contributed by atoms with Crippen LogP contribution < -0.4 is 0 Å². The molecule has 3 heteroatoms. The minimum absolute atomic E-state index is 0.406. The van der Waals surface area contributed by atoms with Crippen LogP contribution in [-0.4, -0.2) is 13.2 Å². The van der Waals surface area contributed by atoms with E-state index in [1.54, 1.807) is 0 Å². The fraction of sp³-hybridized carbons (Fsp3) is 1.00. The standard InChI is InChI=1S/C3H8BPS/c1-2-3-5(4)6/h6H,2-3H2,1H3. The van der Waals surface area contributed by atoms with Gasteiger partial charge in [-0.2, -0.15) is 0 Å². The predicted molar refractivity (Wildman–Crippen MR) is 36.8 cm³/mol. The first-order valence-corrected chi connectivity index (χ1v) is 4.73. The van der Waals surface area contributed by atoms with Gasteiger partial charge in [0.25, 0.3) is 0 Å². The summed E-state index contributed by atoms with van der Waals surface area (Å²) in [6.45, 7) is 2.11. The molecule has 0 aliphatic rings. The van der Waals surface area contributed by atoms with Crippen molar-refractivity contribution in [3.8, 4) is 0 Å². The summed E-state index contributed by atoms with van der Waals surface area (Å²) >= 11 is 4.02. The average molecular weight is 118 g/mol. The van der Waals surface area contributed by atoms with Crippen LogP contribution in [0.5, 0.6) is 0 Å². The van der Waals surface area contributed by atoms with Gasteiger partial charge in [-0.15, -0.1) is 0 Å². The van der Waals surface area contributed by atoms with Crippen LogP contribution in [0, 0.1) is 0 Å². The van der Waals surface area contributed by atoms with Crippen molar-refractivity contribution in [3.63, 3.8) is 0 Å². The molecule has 6 heavy (non-hydrogen) atoms. The molecule has 0 saturated carbocycles. The molecule has 0 aromatic carbocycles. The van der Waals surface area contributed by atoms with E-state index >= 15 is 0 Å². The average Bonchev–Trinajstić information content (AvgIpc) is 1.35. The molecule has 0 rings (SSSR count). The van der Waals surface area contributed by atoms with Crippen LogP contribution in [-0.2, 0) is 0 Å². The van der Waals surface area contributed by atoms with Gasteiger partial charge in [0.05, 0.1) is 0 Å². The van der Waals surface area contributed by atoms with Gasteiger partial charge in [-0.3, -0.25) is 0 Å². The molecule has 0 saturated heterocycles. The van der Waals surface area contributed by atoms with E-state index in [4.69, 9.17) is 7.01 Å². The second-order valence-electron chi connectivity index (χ2n) is 1.16. The maximum absolute atomic E-state index is 5.33. The van der Waals surface area contributed by atoms with Gasteiger partial charge in [0.15, 0.2) is 0 Å². The van der Waals surface area contributed by atoms with E-state index in [1.807, 2.05) is 0 Å². The molecule has 0 aliphatic heterocycles. The first-order chi connectivity index (χ1) is 2.77. The van der Waals surface area contributed by atoms with Crippen LogP contribution in [0.4, 0.5) is 0 Å². The number of rotatable bonds is 1. The first kappa shape index (κ1) is 6.71. The third kappa shape index (κ3) is 4.71. The minimum atomic E-state index is -0.406. The van der Waals surface area contributed by atoms with Gasteiger partial charge in [-0.25, -0.2) is 0 Å². The summed E-state index contributed by atoms with van der Waals surface area (Å²) in [6, 6.07) is 0. The monoisotopic (exact) mass is 118 g/mol. The normalized spacial score (nSPS) is 11.7. The molecule has 0 spiro atoms. The van der Waals surface area contributed by atoms with Crippen LogP contribution in [0.3, 0.4) is 0 Å². The zero-order chi connectivity index (χ0) is 4.99. The molecule has 0 N–H and O–H groups in total. The van der Waals surface area contributed by atoms with Gasteiger partial charge < -0.3 is 0 Å². The molecule has 0 fully saturated rings. The molecule has 34 valence electrons. The molecule has 0 aromatic heterocycles. The summed E-state index contributed by atoms with van der Waals surface area (Å²) in [5.41, 5.74) is 0. The summed E-state index contributed by atoms with van der Waals surface area (Å²) in [5, 5.41) is 0. The van der Waals surface area contributed by atoms with Crippen molar-refractivity contribution in [2.75, 3.05) is 6.16 Å². The molecule has 0 aliphatic carbocycles. The third-order valence-corrected chi connectivity index (χ3v) is 1.96. The first-order valence-electron chi connectivity index (χ1n) is 1.98. The second kappa shape index (κ2) is 3.89. The Labute approximate surface area is 45.9 Å². The van der Waals surface area contributed by atoms with Crippen LogP contribution >= 0.6 is 18.7 Å². The van der Waals surface area contributed by atoms with E-state index in [0.717, 1.165) is 12.6 Å². The molecular weight excluding hydrogens is 110 g/mol. The maximum atomic E-state index is 5.33. The Hall–Kier alpha value is 0.715. The van der Waals surface area contributed by atoms with Gasteiger partial charge in [0, 0.05) is 0 Å². The molecule has 0 nitrogen and oxygen atoms in total. The zero-order valence-electron chi connectivity index (χ0n) is 3.89. The molecule has 0 amide bonds. The Bertz CT molecular complexity index is 82.5. The molecular formula is C3H8BPS. The number of hydrogen-bond acceptors (Lipinski definition) is 1. The Morgan fingerprint density at radius 2 is 2.33 bits per heavy atom. The molecule has 1 atom stereocenters. The quantitative estimate of drug-likeness (QED) is 0.303. The van der Waals surface area contributed by atoms with Gasteiger partial charge in [0.2, 0.25) is 0 Å². The van der Waals surface area contributed by atoms with Gasteiger partial charge in [-0.05, 0) is 0 Å². The molecule has 0 heterocycles. The van der Waals surface area contributed by atoms with Crippen molar-refractivity contribution in [3.05, 3.63) is 0 Å².